The third-order valence-corrected chi connectivity index (χ3v) is 7.21. The van der Waals surface area contributed by atoms with Crippen LogP contribution in [0.1, 0.15) is 26.3 Å². The summed E-state index contributed by atoms with van der Waals surface area (Å²) in [6, 6.07) is 33.6. The third kappa shape index (κ3) is 5.41. The molecule has 0 saturated carbocycles. The number of thiophene rings is 1. The van der Waals surface area contributed by atoms with E-state index < -0.39 is 0 Å². The van der Waals surface area contributed by atoms with Gasteiger partial charge < -0.3 is 14.5 Å². The van der Waals surface area contributed by atoms with Crippen molar-refractivity contribution in [2.45, 2.75) is 26.2 Å². The Morgan fingerprint density at radius 1 is 0.868 bits per heavy atom. The van der Waals surface area contributed by atoms with E-state index in [-0.39, 0.29) is 26.5 Å². The first-order chi connectivity index (χ1) is 17.9. The maximum atomic E-state index is 6.25. The van der Waals surface area contributed by atoms with E-state index in [1.54, 1.807) is 11.3 Å². The van der Waals surface area contributed by atoms with Crippen molar-refractivity contribution in [3.05, 3.63) is 122 Å². The Morgan fingerprint density at radius 2 is 1.66 bits per heavy atom. The van der Waals surface area contributed by atoms with Crippen LogP contribution in [0.3, 0.4) is 0 Å². The zero-order chi connectivity index (χ0) is 25.4. The number of nitrogens with zero attached hydrogens (tertiary/aromatic N) is 3. The minimum absolute atomic E-state index is 0. The first kappa shape index (κ1) is 26.2. The van der Waals surface area contributed by atoms with E-state index in [0.717, 1.165) is 32.7 Å². The van der Waals surface area contributed by atoms with Crippen LogP contribution in [-0.4, -0.2) is 4.98 Å². The molecule has 38 heavy (non-hydrogen) atoms. The fourth-order valence-electron chi connectivity index (χ4n) is 4.27. The van der Waals surface area contributed by atoms with Crippen molar-refractivity contribution >= 4 is 32.8 Å². The SMILES string of the molecule is CC(C)(C)c1ccnc(-c2cccc3sc(Oc4[c-]c(N5C=CN(c6ccccc6)[CH-]5)ccc4)[c-]c23)c1.[Pt]. The molecule has 6 rings (SSSR count). The minimum atomic E-state index is 0. The number of aromatic nitrogens is 1. The van der Waals surface area contributed by atoms with E-state index in [0.29, 0.717) is 10.8 Å². The van der Waals surface area contributed by atoms with Gasteiger partial charge in [-0.05, 0) is 47.6 Å². The van der Waals surface area contributed by atoms with Gasteiger partial charge in [0.15, 0.2) is 0 Å². The van der Waals surface area contributed by atoms with Crippen LogP contribution in [0.5, 0.6) is 10.8 Å². The van der Waals surface area contributed by atoms with Crippen LogP contribution < -0.4 is 14.5 Å². The zero-order valence-corrected chi connectivity index (χ0v) is 24.4. The van der Waals surface area contributed by atoms with E-state index in [1.165, 1.54) is 5.56 Å². The van der Waals surface area contributed by atoms with Gasteiger partial charge in [-0.2, -0.15) is 22.8 Å². The molecule has 0 spiro atoms. The van der Waals surface area contributed by atoms with Crippen molar-refractivity contribution in [1.29, 1.82) is 0 Å². The van der Waals surface area contributed by atoms with Gasteiger partial charge in [-0.15, -0.1) is 54.3 Å². The first-order valence-corrected chi connectivity index (χ1v) is 13.0. The van der Waals surface area contributed by atoms with Gasteiger partial charge in [0.05, 0.1) is 0 Å². The molecule has 0 N–H and O–H groups in total. The molecule has 0 radical (unpaired) electrons. The second-order valence-electron chi connectivity index (χ2n) is 9.94. The van der Waals surface area contributed by atoms with Crippen LogP contribution in [-0.2, 0) is 26.5 Å². The summed E-state index contributed by atoms with van der Waals surface area (Å²) in [6.45, 7) is 8.68. The van der Waals surface area contributed by atoms with Crippen LogP contribution in [0.4, 0.5) is 11.4 Å². The standard InChI is InChI=1S/C32H26N3OS.Pt/c1-32(2,3)23-15-16-33-29(19-23)27-13-8-14-30-28(27)21-31(37-30)36-26-12-7-11-25(20-26)35-18-17-34(22-35)24-9-5-4-6-10-24;/h4-19,22H,1-3H3;/q-3;. The summed E-state index contributed by atoms with van der Waals surface area (Å²) in [5.74, 6) is 0.648. The smallest absolute Gasteiger partial charge is 0.107 e. The second-order valence-corrected chi connectivity index (χ2v) is 11.0. The summed E-state index contributed by atoms with van der Waals surface area (Å²) in [4.78, 5) is 8.77. The van der Waals surface area contributed by atoms with Gasteiger partial charge in [-0.3, -0.25) is 4.98 Å². The number of fused-ring (bicyclic) bond motifs is 1. The van der Waals surface area contributed by atoms with Gasteiger partial charge in [-0.25, -0.2) is 0 Å². The molecule has 2 aromatic heterocycles. The molecule has 5 aromatic rings. The van der Waals surface area contributed by atoms with Crippen LogP contribution in [0.15, 0.2) is 97.5 Å². The summed E-state index contributed by atoms with van der Waals surface area (Å²) in [5, 5.41) is 1.72. The summed E-state index contributed by atoms with van der Waals surface area (Å²) in [5.41, 5.74) is 5.33. The number of benzene rings is 3. The average Bonchev–Trinajstić information content (AvgIpc) is 3.56. The maximum absolute atomic E-state index is 6.25. The van der Waals surface area contributed by atoms with Crippen molar-refractivity contribution in [3.63, 3.8) is 0 Å². The molecule has 3 heterocycles. The molecule has 4 nitrogen and oxygen atoms in total. The fourth-order valence-corrected chi connectivity index (χ4v) is 5.17. The molecule has 1 aliphatic rings. The Balaban J connectivity index is 0.00000294. The summed E-state index contributed by atoms with van der Waals surface area (Å²) in [6.07, 6.45) is 5.93. The first-order valence-electron chi connectivity index (χ1n) is 12.2. The molecule has 194 valence electrons. The van der Waals surface area contributed by atoms with Crippen molar-refractivity contribution < 1.29 is 25.8 Å². The monoisotopic (exact) mass is 695 g/mol. The van der Waals surface area contributed by atoms with E-state index >= 15 is 0 Å². The molecule has 3 aromatic carbocycles. The largest absolute Gasteiger partial charge is 0.500 e. The van der Waals surface area contributed by atoms with E-state index in [2.05, 4.69) is 85.3 Å². The molecule has 0 atom stereocenters. The molecule has 0 saturated heterocycles. The number of anilines is 2. The summed E-state index contributed by atoms with van der Waals surface area (Å²) < 4.78 is 7.36. The molecular weight excluding hydrogens is 670 g/mol. The predicted molar refractivity (Wildman–Crippen MR) is 153 cm³/mol. The molecule has 6 heteroatoms. The summed E-state index contributed by atoms with van der Waals surface area (Å²) in [7, 11) is 0. The minimum Gasteiger partial charge on any atom is -0.500 e. The number of hydrogen-bond acceptors (Lipinski definition) is 5. The number of ether oxygens (including phenoxy) is 1. The Bertz CT molecular complexity index is 1590. The van der Waals surface area contributed by atoms with Gasteiger partial charge >= 0.3 is 0 Å². The topological polar surface area (TPSA) is 28.6 Å². The molecule has 0 bridgehead atoms. The number of rotatable bonds is 5. The molecular formula is C32H26N3OPtS-3. The molecule has 0 aliphatic carbocycles. The molecule has 1 aliphatic heterocycles. The Hall–Kier alpha value is -3.40. The van der Waals surface area contributed by atoms with E-state index in [4.69, 9.17) is 4.74 Å². The summed E-state index contributed by atoms with van der Waals surface area (Å²) >= 11 is 1.58. The maximum Gasteiger partial charge on any atom is 0.107 e. The molecule has 0 unspecified atom stereocenters. The quantitative estimate of drug-likeness (QED) is 0.172. The van der Waals surface area contributed by atoms with Crippen molar-refractivity contribution in [3.8, 4) is 22.1 Å². The van der Waals surface area contributed by atoms with Crippen LogP contribution in [0, 0.1) is 18.8 Å². The van der Waals surface area contributed by atoms with Gasteiger partial charge in [0.2, 0.25) is 0 Å². The van der Waals surface area contributed by atoms with Crippen LogP contribution in [0.25, 0.3) is 21.3 Å². The number of pyridine rings is 1. The predicted octanol–water partition coefficient (Wildman–Crippen LogP) is 8.57. The van der Waals surface area contributed by atoms with Crippen LogP contribution >= 0.6 is 11.3 Å². The van der Waals surface area contributed by atoms with Gasteiger partial charge in [0, 0.05) is 44.4 Å². The van der Waals surface area contributed by atoms with Crippen molar-refractivity contribution in [2.24, 2.45) is 0 Å². The normalized spacial score (nSPS) is 13.1. The molecule has 0 fully saturated rings. The van der Waals surface area contributed by atoms with Crippen molar-refractivity contribution in [2.75, 3.05) is 9.80 Å². The Kier molecular flexibility index (Phi) is 7.42. The number of para-hydroxylation sites is 1. The number of hydrogen-bond donors (Lipinski definition) is 0. The van der Waals surface area contributed by atoms with Gasteiger partial charge in [0.25, 0.3) is 0 Å². The van der Waals surface area contributed by atoms with Crippen LogP contribution in [0.2, 0.25) is 0 Å². The zero-order valence-electron chi connectivity index (χ0n) is 21.3. The van der Waals surface area contributed by atoms with Crippen molar-refractivity contribution in [1.82, 2.24) is 4.98 Å². The average molecular weight is 696 g/mol. The van der Waals surface area contributed by atoms with E-state index in [1.807, 2.05) is 66.6 Å². The van der Waals surface area contributed by atoms with E-state index in [9.17, 15) is 0 Å². The fraction of sp³-hybridized carbons (Fsp3) is 0.125. The molecule has 0 amide bonds. The Labute approximate surface area is 242 Å². The third-order valence-electron chi connectivity index (χ3n) is 6.28. The Morgan fingerprint density at radius 3 is 2.47 bits per heavy atom. The van der Waals surface area contributed by atoms with Gasteiger partial charge in [0.1, 0.15) is 5.06 Å². The second kappa shape index (κ2) is 10.8. The van der Waals surface area contributed by atoms with Gasteiger partial charge in [-0.1, -0.05) is 49.7 Å².